The smallest absolute Gasteiger partial charge is 0.150 e. The van der Waals surface area contributed by atoms with Crippen molar-refractivity contribution in [2.45, 2.75) is 19.6 Å². The maximum absolute atomic E-state index is 12.7. The van der Waals surface area contributed by atoms with E-state index in [1.165, 1.54) is 6.92 Å². The summed E-state index contributed by atoms with van der Waals surface area (Å²) >= 11 is 0. The molecule has 2 nitrogen and oxygen atoms in total. The van der Waals surface area contributed by atoms with Gasteiger partial charge in [0, 0.05) is 29.8 Å². The molecule has 1 N–H and O–H groups in total. The van der Waals surface area contributed by atoms with Crippen LogP contribution in [-0.4, -0.2) is 19.0 Å². The Morgan fingerprint density at radius 2 is 1.59 bits per heavy atom. The summed E-state index contributed by atoms with van der Waals surface area (Å²) in [6.45, 7) is 2.54. The quantitative estimate of drug-likeness (QED) is 0.677. The van der Waals surface area contributed by atoms with E-state index in [9.17, 15) is 9.18 Å². The van der Waals surface area contributed by atoms with E-state index in [4.69, 9.17) is 0 Å². The number of hydrogen-bond acceptors (Lipinski definition) is 2. The number of hydrogen-bond donors (Lipinski definition) is 1. The van der Waals surface area contributed by atoms with E-state index >= 15 is 0 Å². The summed E-state index contributed by atoms with van der Waals surface area (Å²) in [4.78, 5) is 10.6. The van der Waals surface area contributed by atoms with E-state index in [1.54, 1.807) is 12.1 Å². The Balaban J connectivity index is 1.96. The van der Waals surface area contributed by atoms with Crippen LogP contribution in [0.5, 0.6) is 0 Å². The van der Waals surface area contributed by atoms with Gasteiger partial charge in [0.25, 0.3) is 0 Å². The molecule has 0 aliphatic rings. The van der Waals surface area contributed by atoms with Crippen molar-refractivity contribution >= 4 is 6.29 Å². The molecule has 2 aromatic rings. The van der Waals surface area contributed by atoms with Crippen molar-refractivity contribution in [1.82, 2.24) is 5.32 Å². The first-order valence-electron chi connectivity index (χ1n) is 7.18. The number of carbonyl (C=O) groups excluding carboxylic acids is 1. The van der Waals surface area contributed by atoms with Gasteiger partial charge in [0.1, 0.15) is 12.5 Å². The van der Waals surface area contributed by atoms with Crippen molar-refractivity contribution in [3.8, 4) is 11.8 Å². The lowest BCUT2D eigenvalue weighted by atomic mass is 10.1. The van der Waals surface area contributed by atoms with Crippen LogP contribution in [0.2, 0.25) is 0 Å². The summed E-state index contributed by atoms with van der Waals surface area (Å²) < 4.78 is 12.7. The Labute approximate surface area is 130 Å². The molecule has 22 heavy (non-hydrogen) atoms. The van der Waals surface area contributed by atoms with Crippen LogP contribution in [0.4, 0.5) is 4.39 Å². The van der Waals surface area contributed by atoms with Gasteiger partial charge in [-0.15, -0.1) is 0 Å². The van der Waals surface area contributed by atoms with Gasteiger partial charge in [-0.05, 0) is 36.8 Å². The molecule has 0 amide bonds. The molecular weight excluding hydrogens is 277 g/mol. The lowest BCUT2D eigenvalue weighted by Crippen LogP contribution is -2.21. The molecule has 0 saturated heterocycles. The minimum atomic E-state index is -0.837. The maximum atomic E-state index is 12.7. The fourth-order valence-electron chi connectivity index (χ4n) is 1.91. The van der Waals surface area contributed by atoms with Gasteiger partial charge in [-0.1, -0.05) is 36.1 Å². The van der Waals surface area contributed by atoms with Gasteiger partial charge in [-0.25, -0.2) is 4.39 Å². The Kier molecular flexibility index (Phi) is 5.88. The molecule has 0 spiro atoms. The van der Waals surface area contributed by atoms with Crippen molar-refractivity contribution in [1.29, 1.82) is 0 Å². The average Bonchev–Trinajstić information content (AvgIpc) is 2.54. The summed E-state index contributed by atoms with van der Waals surface area (Å²) in [5.74, 6) is 6.14. The Bertz CT molecular complexity index is 663. The second-order valence-corrected chi connectivity index (χ2v) is 5.10. The number of aldehydes is 1. The lowest BCUT2D eigenvalue weighted by Gasteiger charge is -2.05. The highest BCUT2D eigenvalue weighted by atomic mass is 19.1. The number of rotatable bonds is 5. The van der Waals surface area contributed by atoms with Crippen LogP contribution in [0, 0.1) is 11.8 Å². The third-order valence-electron chi connectivity index (χ3n) is 3.11. The molecule has 0 bridgehead atoms. The third-order valence-corrected chi connectivity index (χ3v) is 3.11. The predicted octanol–water partition coefficient (Wildman–Crippen LogP) is 3.35. The standard InChI is InChI=1S/C19H18FNO/c1-15(20)12-21-13-18-8-4-16(5-9-18)2-3-17-6-10-19(14-22)11-7-17/h4-11,14-15,21H,12-13H2,1H3. The first-order chi connectivity index (χ1) is 10.7. The van der Waals surface area contributed by atoms with Crippen LogP contribution < -0.4 is 5.32 Å². The maximum Gasteiger partial charge on any atom is 0.150 e. The van der Waals surface area contributed by atoms with Crippen molar-refractivity contribution < 1.29 is 9.18 Å². The minimum absolute atomic E-state index is 0.359. The van der Waals surface area contributed by atoms with Crippen LogP contribution in [0.3, 0.4) is 0 Å². The molecule has 0 fully saturated rings. The van der Waals surface area contributed by atoms with Crippen LogP contribution in [-0.2, 0) is 6.54 Å². The summed E-state index contributed by atoms with van der Waals surface area (Å²) in [6.07, 6.45) is -0.0241. The number of halogens is 1. The normalized spacial score (nSPS) is 11.4. The highest BCUT2D eigenvalue weighted by Crippen LogP contribution is 2.05. The fourth-order valence-corrected chi connectivity index (χ4v) is 1.91. The van der Waals surface area contributed by atoms with E-state index in [0.717, 1.165) is 23.0 Å². The van der Waals surface area contributed by atoms with Crippen LogP contribution in [0.1, 0.15) is 34.0 Å². The van der Waals surface area contributed by atoms with Crippen molar-refractivity contribution in [3.63, 3.8) is 0 Å². The van der Waals surface area contributed by atoms with Crippen molar-refractivity contribution in [2.75, 3.05) is 6.54 Å². The molecular formula is C19H18FNO. The average molecular weight is 295 g/mol. The van der Waals surface area contributed by atoms with Crippen molar-refractivity contribution in [3.05, 3.63) is 70.8 Å². The number of alkyl halides is 1. The highest BCUT2D eigenvalue weighted by Gasteiger charge is 1.97. The van der Waals surface area contributed by atoms with Crippen LogP contribution in [0.15, 0.2) is 48.5 Å². The number of benzene rings is 2. The van der Waals surface area contributed by atoms with E-state index in [1.807, 2.05) is 36.4 Å². The predicted molar refractivity (Wildman–Crippen MR) is 86.5 cm³/mol. The Morgan fingerprint density at radius 3 is 2.09 bits per heavy atom. The molecule has 0 saturated carbocycles. The van der Waals surface area contributed by atoms with Gasteiger partial charge >= 0.3 is 0 Å². The molecule has 0 radical (unpaired) electrons. The fraction of sp³-hybridized carbons (Fsp3) is 0.211. The number of carbonyl (C=O) groups is 1. The summed E-state index contributed by atoms with van der Waals surface area (Å²) in [5.41, 5.74) is 3.53. The summed E-state index contributed by atoms with van der Waals surface area (Å²) in [5, 5.41) is 3.05. The minimum Gasteiger partial charge on any atom is -0.310 e. The van der Waals surface area contributed by atoms with E-state index in [2.05, 4.69) is 17.2 Å². The molecule has 0 aromatic heterocycles. The monoisotopic (exact) mass is 295 g/mol. The number of nitrogens with one attached hydrogen (secondary N) is 1. The molecule has 1 atom stereocenters. The van der Waals surface area contributed by atoms with Gasteiger partial charge < -0.3 is 5.32 Å². The van der Waals surface area contributed by atoms with Gasteiger partial charge in [0.2, 0.25) is 0 Å². The molecule has 1 unspecified atom stereocenters. The zero-order chi connectivity index (χ0) is 15.8. The SMILES string of the molecule is CC(F)CNCc1ccc(C#Cc2ccc(C=O)cc2)cc1. The second kappa shape index (κ2) is 8.11. The first-order valence-corrected chi connectivity index (χ1v) is 7.18. The zero-order valence-corrected chi connectivity index (χ0v) is 12.5. The summed E-state index contributed by atoms with van der Waals surface area (Å²) in [6, 6.07) is 15.0. The Hall–Kier alpha value is -2.44. The molecule has 2 rings (SSSR count). The van der Waals surface area contributed by atoms with Gasteiger partial charge in [-0.3, -0.25) is 4.79 Å². The van der Waals surface area contributed by atoms with Gasteiger partial charge in [0.05, 0.1) is 0 Å². The molecule has 2 aromatic carbocycles. The van der Waals surface area contributed by atoms with Crippen molar-refractivity contribution in [2.24, 2.45) is 0 Å². The van der Waals surface area contributed by atoms with Crippen LogP contribution >= 0.6 is 0 Å². The summed E-state index contributed by atoms with van der Waals surface area (Å²) in [7, 11) is 0. The highest BCUT2D eigenvalue weighted by molar-refractivity contribution is 5.74. The third kappa shape index (κ3) is 5.16. The molecule has 112 valence electrons. The molecule has 0 aliphatic heterocycles. The van der Waals surface area contributed by atoms with Gasteiger partial charge in [-0.2, -0.15) is 0 Å². The molecule has 0 heterocycles. The topological polar surface area (TPSA) is 29.1 Å². The second-order valence-electron chi connectivity index (χ2n) is 5.10. The first kappa shape index (κ1) is 15.9. The molecule has 0 aliphatic carbocycles. The largest absolute Gasteiger partial charge is 0.310 e. The Morgan fingerprint density at radius 1 is 1.05 bits per heavy atom. The van der Waals surface area contributed by atoms with Crippen LogP contribution in [0.25, 0.3) is 0 Å². The lowest BCUT2D eigenvalue weighted by molar-refractivity contribution is 0.112. The van der Waals surface area contributed by atoms with E-state index in [0.29, 0.717) is 18.7 Å². The zero-order valence-electron chi connectivity index (χ0n) is 12.5. The van der Waals surface area contributed by atoms with E-state index < -0.39 is 6.17 Å². The molecule has 3 heteroatoms. The van der Waals surface area contributed by atoms with Gasteiger partial charge in [0.15, 0.2) is 0 Å². The van der Waals surface area contributed by atoms with E-state index in [-0.39, 0.29) is 0 Å².